The Hall–Kier alpha value is -2.50. The number of ketones is 1. The van der Waals surface area contributed by atoms with E-state index in [9.17, 15) is 13.6 Å². The van der Waals surface area contributed by atoms with E-state index >= 15 is 0 Å². The number of Topliss-reactive ketones (excluding diaryl/α,β-unsaturated/α-hetero) is 1. The first-order valence-corrected chi connectivity index (χ1v) is 6.14. The van der Waals surface area contributed by atoms with Crippen molar-refractivity contribution in [2.75, 3.05) is 13.7 Å². The third kappa shape index (κ3) is 3.53. The normalized spacial score (nSPS) is 10.3. The van der Waals surface area contributed by atoms with Gasteiger partial charge in [0.2, 0.25) is 11.7 Å². The summed E-state index contributed by atoms with van der Waals surface area (Å²) in [6.45, 7) is 1.26. The minimum Gasteiger partial charge on any atom is -0.497 e. The van der Waals surface area contributed by atoms with Crippen molar-refractivity contribution in [2.45, 2.75) is 6.92 Å². The number of carbonyl (C=O) groups excluding carboxylic acids is 1. The monoisotopic (exact) mass is 293 g/mol. The molecule has 1 aromatic heterocycles. The molecule has 0 fully saturated rings. The summed E-state index contributed by atoms with van der Waals surface area (Å²) in [6.07, 6.45) is 0. The zero-order valence-electron chi connectivity index (χ0n) is 11.5. The molecule has 0 spiro atoms. The second-order valence-corrected chi connectivity index (χ2v) is 4.30. The van der Waals surface area contributed by atoms with E-state index in [0.29, 0.717) is 5.69 Å². The van der Waals surface area contributed by atoms with Gasteiger partial charge >= 0.3 is 0 Å². The maximum atomic E-state index is 13.7. The van der Waals surface area contributed by atoms with E-state index in [1.54, 1.807) is 25.1 Å². The first-order chi connectivity index (χ1) is 10.0. The van der Waals surface area contributed by atoms with Crippen molar-refractivity contribution < 1.29 is 23.0 Å². The Labute approximate surface area is 120 Å². The molecule has 110 valence electrons. The molecule has 1 aromatic carbocycles. The van der Waals surface area contributed by atoms with Gasteiger partial charge in [-0.1, -0.05) is 6.07 Å². The fourth-order valence-corrected chi connectivity index (χ4v) is 1.74. The van der Waals surface area contributed by atoms with Gasteiger partial charge in [-0.2, -0.15) is 0 Å². The van der Waals surface area contributed by atoms with E-state index in [0.717, 1.165) is 12.1 Å². The maximum absolute atomic E-state index is 13.7. The fraction of sp³-hybridized carbons (Fsp3) is 0.200. The predicted molar refractivity (Wildman–Crippen MR) is 71.7 cm³/mol. The van der Waals surface area contributed by atoms with Crippen LogP contribution in [-0.2, 0) is 0 Å². The molecule has 0 N–H and O–H groups in total. The third-order valence-corrected chi connectivity index (χ3v) is 2.74. The number of rotatable bonds is 5. The van der Waals surface area contributed by atoms with Gasteiger partial charge in [0.05, 0.1) is 12.7 Å². The first-order valence-electron chi connectivity index (χ1n) is 6.14. The van der Waals surface area contributed by atoms with Crippen LogP contribution in [-0.4, -0.2) is 24.5 Å². The lowest BCUT2D eigenvalue weighted by atomic mass is 10.1. The van der Waals surface area contributed by atoms with E-state index in [-0.39, 0.29) is 11.6 Å². The highest BCUT2D eigenvalue weighted by molar-refractivity contribution is 5.97. The molecule has 21 heavy (non-hydrogen) atoms. The van der Waals surface area contributed by atoms with Gasteiger partial charge in [0.1, 0.15) is 17.4 Å². The highest BCUT2D eigenvalue weighted by Crippen LogP contribution is 2.21. The Balaban J connectivity index is 2.14. The SMILES string of the molecule is COc1cc(F)c(C(=O)COc2cccc(C)n2)c(F)c1. The van der Waals surface area contributed by atoms with Crippen LogP contribution < -0.4 is 9.47 Å². The predicted octanol–water partition coefficient (Wildman–Crippen LogP) is 2.94. The minimum absolute atomic E-state index is 0.00261. The van der Waals surface area contributed by atoms with E-state index in [1.807, 2.05) is 0 Å². The van der Waals surface area contributed by atoms with Gasteiger partial charge in [0, 0.05) is 23.9 Å². The number of nitrogens with zero attached hydrogens (tertiary/aromatic N) is 1. The van der Waals surface area contributed by atoms with Crippen LogP contribution in [0.5, 0.6) is 11.6 Å². The van der Waals surface area contributed by atoms with Gasteiger partial charge in [-0.15, -0.1) is 0 Å². The lowest BCUT2D eigenvalue weighted by Crippen LogP contribution is -2.16. The Morgan fingerprint density at radius 3 is 2.48 bits per heavy atom. The highest BCUT2D eigenvalue weighted by atomic mass is 19.1. The summed E-state index contributed by atoms with van der Waals surface area (Å²) in [5, 5.41) is 0. The zero-order chi connectivity index (χ0) is 15.4. The Morgan fingerprint density at radius 1 is 1.24 bits per heavy atom. The molecule has 2 rings (SSSR count). The van der Waals surface area contributed by atoms with E-state index in [4.69, 9.17) is 9.47 Å². The topological polar surface area (TPSA) is 48.4 Å². The molecule has 0 atom stereocenters. The second-order valence-electron chi connectivity index (χ2n) is 4.30. The van der Waals surface area contributed by atoms with Crippen molar-refractivity contribution in [1.82, 2.24) is 4.98 Å². The van der Waals surface area contributed by atoms with E-state index in [2.05, 4.69) is 4.98 Å². The van der Waals surface area contributed by atoms with Crippen LogP contribution in [0.3, 0.4) is 0 Å². The number of benzene rings is 1. The van der Waals surface area contributed by atoms with Crippen molar-refractivity contribution in [3.63, 3.8) is 0 Å². The van der Waals surface area contributed by atoms with E-state index in [1.165, 1.54) is 7.11 Å². The van der Waals surface area contributed by atoms with Crippen LogP contribution in [0.4, 0.5) is 8.78 Å². The smallest absolute Gasteiger partial charge is 0.213 e. The van der Waals surface area contributed by atoms with Gasteiger partial charge in [0.15, 0.2) is 6.61 Å². The molecule has 0 saturated heterocycles. The van der Waals surface area contributed by atoms with Gasteiger partial charge in [-0.05, 0) is 13.0 Å². The molecular weight excluding hydrogens is 280 g/mol. The molecule has 0 amide bonds. The van der Waals surface area contributed by atoms with Crippen molar-refractivity contribution in [3.8, 4) is 11.6 Å². The summed E-state index contributed by atoms with van der Waals surface area (Å²) in [7, 11) is 1.28. The average Bonchev–Trinajstić information content (AvgIpc) is 2.44. The molecular formula is C15H13F2NO3. The maximum Gasteiger partial charge on any atom is 0.213 e. The van der Waals surface area contributed by atoms with Gasteiger partial charge in [-0.25, -0.2) is 13.8 Å². The molecule has 0 aliphatic heterocycles. The summed E-state index contributed by atoms with van der Waals surface area (Å²) in [6, 6.07) is 6.91. The van der Waals surface area contributed by atoms with Crippen molar-refractivity contribution in [2.24, 2.45) is 0 Å². The van der Waals surface area contributed by atoms with Crippen LogP contribution in [0.2, 0.25) is 0 Å². The molecule has 0 saturated carbocycles. The minimum atomic E-state index is -0.988. The molecule has 0 unspecified atom stereocenters. The van der Waals surface area contributed by atoms with Crippen LogP contribution >= 0.6 is 0 Å². The Bertz CT molecular complexity index is 651. The van der Waals surface area contributed by atoms with Crippen LogP contribution in [0.15, 0.2) is 30.3 Å². The van der Waals surface area contributed by atoms with Crippen LogP contribution in [0.1, 0.15) is 16.1 Å². The third-order valence-electron chi connectivity index (χ3n) is 2.74. The van der Waals surface area contributed by atoms with E-state index < -0.39 is 29.6 Å². The fourth-order valence-electron chi connectivity index (χ4n) is 1.74. The number of hydrogen-bond donors (Lipinski definition) is 0. The molecule has 0 aliphatic carbocycles. The molecule has 0 bridgehead atoms. The average molecular weight is 293 g/mol. The number of hydrogen-bond acceptors (Lipinski definition) is 4. The Morgan fingerprint density at radius 2 is 1.90 bits per heavy atom. The second kappa shape index (κ2) is 6.30. The van der Waals surface area contributed by atoms with Crippen molar-refractivity contribution in [3.05, 3.63) is 53.2 Å². The van der Waals surface area contributed by atoms with Gasteiger partial charge < -0.3 is 9.47 Å². The van der Waals surface area contributed by atoms with Crippen LogP contribution in [0.25, 0.3) is 0 Å². The Kier molecular flexibility index (Phi) is 4.47. The lowest BCUT2D eigenvalue weighted by molar-refractivity contribution is 0.0909. The molecule has 2 aromatic rings. The van der Waals surface area contributed by atoms with Crippen LogP contribution in [0, 0.1) is 18.6 Å². The highest BCUT2D eigenvalue weighted by Gasteiger charge is 2.19. The molecule has 0 aliphatic rings. The largest absolute Gasteiger partial charge is 0.497 e. The summed E-state index contributed by atoms with van der Waals surface area (Å²) < 4.78 is 37.3. The zero-order valence-corrected chi connectivity index (χ0v) is 11.5. The van der Waals surface area contributed by atoms with Crippen molar-refractivity contribution in [1.29, 1.82) is 0 Å². The lowest BCUT2D eigenvalue weighted by Gasteiger charge is -2.08. The number of halogens is 2. The number of methoxy groups -OCH3 is 1. The number of pyridine rings is 1. The summed E-state index contributed by atoms with van der Waals surface area (Å²) in [5.74, 6) is -2.56. The van der Waals surface area contributed by atoms with Crippen molar-refractivity contribution >= 4 is 5.78 Å². The van der Waals surface area contributed by atoms with Gasteiger partial charge in [-0.3, -0.25) is 4.79 Å². The number of ether oxygens (including phenoxy) is 2. The number of aryl methyl sites for hydroxylation is 1. The number of carbonyl (C=O) groups is 1. The quantitative estimate of drug-likeness (QED) is 0.795. The molecule has 6 heteroatoms. The van der Waals surface area contributed by atoms with Gasteiger partial charge in [0.25, 0.3) is 0 Å². The molecule has 0 radical (unpaired) electrons. The number of aromatic nitrogens is 1. The summed E-state index contributed by atoms with van der Waals surface area (Å²) in [4.78, 5) is 15.9. The first kappa shape index (κ1) is 14.9. The summed E-state index contributed by atoms with van der Waals surface area (Å²) >= 11 is 0. The standard InChI is InChI=1S/C15H13F2NO3/c1-9-4-3-5-14(18-9)21-8-13(19)15-11(16)6-10(20-2)7-12(15)17/h3-7H,8H2,1-2H3. The summed E-state index contributed by atoms with van der Waals surface area (Å²) in [5.41, 5.74) is 0.0604. The molecule has 1 heterocycles. The molecule has 4 nitrogen and oxygen atoms in total.